The quantitative estimate of drug-likeness (QED) is 0.176. The number of aliphatic hydroxyl groups is 2. The number of carbonyl (C=O) groups is 1. The Balaban J connectivity index is 1.48. The van der Waals surface area contributed by atoms with E-state index in [1.165, 1.54) is 0 Å². The molecule has 4 aliphatic heterocycles. The highest BCUT2D eigenvalue weighted by Gasteiger charge is 2.69. The van der Waals surface area contributed by atoms with Gasteiger partial charge in [0.2, 0.25) is 5.79 Å². The molecule has 0 saturated carbocycles. The predicted molar refractivity (Wildman–Crippen MR) is 89.2 cm³/mol. The van der Waals surface area contributed by atoms with E-state index >= 15 is 0 Å². The Morgan fingerprint density at radius 1 is 1.42 bits per heavy atom. The number of carbonyl (C=O) groups excluding carboxylic acids is 1. The summed E-state index contributed by atoms with van der Waals surface area (Å²) in [6.45, 7) is 2.36. The molecule has 2 saturated heterocycles. The van der Waals surface area contributed by atoms with E-state index in [1.807, 2.05) is 6.92 Å². The number of nitrogens with two attached hydrogens (primary N) is 2. The van der Waals surface area contributed by atoms with Crippen LogP contribution in [0.3, 0.4) is 0 Å². The Morgan fingerprint density at radius 2 is 2.15 bits per heavy atom. The number of ether oxygens (including phenoxy) is 1. The molecule has 1 spiro atoms. The first-order valence-electron chi connectivity index (χ1n) is 8.29. The van der Waals surface area contributed by atoms with Crippen molar-refractivity contribution in [1.82, 2.24) is 26.4 Å². The Labute approximate surface area is 148 Å². The van der Waals surface area contributed by atoms with Crippen molar-refractivity contribution >= 4 is 18.0 Å². The summed E-state index contributed by atoms with van der Waals surface area (Å²) in [7, 11) is 0. The number of amides is 1. The molecule has 4 heterocycles. The summed E-state index contributed by atoms with van der Waals surface area (Å²) in [5.41, 5.74) is 15.8. The molecule has 0 aromatic rings. The van der Waals surface area contributed by atoms with Crippen LogP contribution >= 0.6 is 0 Å². The third-order valence-corrected chi connectivity index (χ3v) is 5.21. The van der Waals surface area contributed by atoms with Crippen molar-refractivity contribution < 1.29 is 19.7 Å². The second-order valence-electron chi connectivity index (χ2n) is 7.16. The molecule has 0 aliphatic carbocycles. The molecule has 0 unspecified atom stereocenters. The van der Waals surface area contributed by atoms with Gasteiger partial charge in [0.1, 0.15) is 24.4 Å². The number of alkyl carbamates (subject to hydrolysis) is 1. The average molecular weight is 369 g/mol. The summed E-state index contributed by atoms with van der Waals surface area (Å²) >= 11 is 0. The molecule has 0 radical (unpaired) electrons. The fourth-order valence-electron chi connectivity index (χ4n) is 3.71. The van der Waals surface area contributed by atoms with Crippen LogP contribution in [0, 0.1) is 0 Å². The van der Waals surface area contributed by atoms with Crippen molar-refractivity contribution in [3.63, 3.8) is 0 Å². The Morgan fingerprint density at radius 3 is 2.85 bits per heavy atom. The molecule has 0 aromatic carbocycles. The summed E-state index contributed by atoms with van der Waals surface area (Å²) in [5.74, 6) is -1.97. The van der Waals surface area contributed by atoms with Gasteiger partial charge in [-0.05, 0) is 6.92 Å². The van der Waals surface area contributed by atoms with Crippen LogP contribution in [0.15, 0.2) is 9.98 Å². The molecule has 4 rings (SSSR count). The highest BCUT2D eigenvalue weighted by atomic mass is 16.5. The van der Waals surface area contributed by atoms with Crippen LogP contribution in [0.25, 0.3) is 0 Å². The molecule has 13 heteroatoms. The van der Waals surface area contributed by atoms with Gasteiger partial charge in [-0.25, -0.2) is 25.6 Å². The van der Waals surface area contributed by atoms with Crippen molar-refractivity contribution in [2.24, 2.45) is 21.5 Å². The maximum Gasteiger partial charge on any atom is 0.407 e. The normalized spacial score (nSPS) is 35.6. The topological polar surface area (TPSA) is 215 Å². The number of nitrogens with one attached hydrogen (secondary N) is 4. The van der Waals surface area contributed by atoms with Crippen molar-refractivity contribution in [2.75, 3.05) is 19.7 Å². The molecule has 13 nitrogen and oxygen atoms in total. The van der Waals surface area contributed by atoms with Gasteiger partial charge < -0.3 is 42.0 Å². The van der Waals surface area contributed by atoms with Crippen LogP contribution < -0.4 is 33.0 Å². The lowest BCUT2D eigenvalue weighted by Gasteiger charge is -2.48. The minimum absolute atomic E-state index is 0.0438. The van der Waals surface area contributed by atoms with Crippen LogP contribution in [0.4, 0.5) is 4.79 Å². The van der Waals surface area contributed by atoms with Crippen molar-refractivity contribution in [3.05, 3.63) is 0 Å². The lowest BCUT2D eigenvalue weighted by molar-refractivity contribution is -0.221. The number of guanidine groups is 2. The van der Waals surface area contributed by atoms with Gasteiger partial charge in [-0.15, -0.1) is 0 Å². The average Bonchev–Trinajstić information content (AvgIpc) is 3.09. The summed E-state index contributed by atoms with van der Waals surface area (Å²) in [6, 6.07) is -1.49. The molecular formula is C13H23N9O4. The Hall–Kier alpha value is -2.35. The van der Waals surface area contributed by atoms with Gasteiger partial charge >= 0.3 is 6.09 Å². The van der Waals surface area contributed by atoms with E-state index in [-0.39, 0.29) is 37.2 Å². The Bertz CT molecular complexity index is 691. The molecule has 0 bridgehead atoms. The summed E-state index contributed by atoms with van der Waals surface area (Å²) in [6.07, 6.45) is -0.581. The molecule has 1 amide bonds. The van der Waals surface area contributed by atoms with Gasteiger partial charge in [-0.3, -0.25) is 0 Å². The van der Waals surface area contributed by atoms with Gasteiger partial charge in [0.05, 0.1) is 6.54 Å². The zero-order chi connectivity index (χ0) is 18.7. The highest BCUT2D eigenvalue weighted by Crippen LogP contribution is 2.44. The maximum atomic E-state index is 11.9. The first-order chi connectivity index (χ1) is 12.2. The number of rotatable bonds is 4. The molecule has 144 valence electrons. The maximum absolute atomic E-state index is 11.9. The number of nitrogens with zero attached hydrogens (tertiary/aromatic N) is 3. The second-order valence-corrected chi connectivity index (χ2v) is 7.16. The zero-order valence-electron chi connectivity index (χ0n) is 14.2. The van der Waals surface area contributed by atoms with E-state index in [0.717, 1.165) is 0 Å². The monoisotopic (exact) mass is 369 g/mol. The van der Waals surface area contributed by atoms with Crippen LogP contribution in [0.1, 0.15) is 13.3 Å². The number of hydrogen-bond acceptors (Lipinski definition) is 12. The van der Waals surface area contributed by atoms with Gasteiger partial charge in [0.25, 0.3) is 0 Å². The van der Waals surface area contributed by atoms with Gasteiger partial charge in [0, 0.05) is 13.0 Å². The standard InChI is InChI=1S/C13H23N9O4/c1-11(20-21-11)5-16-10(23)26-4-6-7-13(19-8(14)18-7)12(24,25)2-3-22(13)9(15)17-6/h6-7,20-21,24-25H,2-5H2,1H3,(H2,15,17)(H,16,23)(H3,14,18,19)/t6-,7-,13-/m0/s1. The minimum atomic E-state index is -2.12. The number of hydrazine groups is 1. The fraction of sp³-hybridized carbons (Fsp3) is 0.769. The second kappa shape index (κ2) is 5.33. The number of hydrogen-bond donors (Lipinski definition) is 8. The molecule has 4 aliphatic rings. The first-order valence-corrected chi connectivity index (χ1v) is 8.29. The van der Waals surface area contributed by atoms with E-state index in [4.69, 9.17) is 16.2 Å². The molecule has 26 heavy (non-hydrogen) atoms. The van der Waals surface area contributed by atoms with Gasteiger partial charge in [-0.2, -0.15) is 0 Å². The summed E-state index contributed by atoms with van der Waals surface area (Å²) in [5, 5.41) is 26.5. The van der Waals surface area contributed by atoms with Gasteiger partial charge in [-0.1, -0.05) is 0 Å². The molecule has 0 aromatic heterocycles. The fourth-order valence-corrected chi connectivity index (χ4v) is 3.71. The smallest absolute Gasteiger partial charge is 0.407 e. The number of aliphatic imine (C=N–C) groups is 2. The van der Waals surface area contributed by atoms with E-state index in [9.17, 15) is 15.0 Å². The minimum Gasteiger partial charge on any atom is -0.447 e. The largest absolute Gasteiger partial charge is 0.447 e. The third kappa shape index (κ3) is 2.43. The van der Waals surface area contributed by atoms with Crippen molar-refractivity contribution in [3.8, 4) is 0 Å². The third-order valence-electron chi connectivity index (χ3n) is 5.21. The van der Waals surface area contributed by atoms with E-state index in [0.29, 0.717) is 6.54 Å². The van der Waals surface area contributed by atoms with E-state index in [2.05, 4.69) is 31.5 Å². The van der Waals surface area contributed by atoms with Crippen molar-refractivity contribution in [2.45, 2.75) is 42.5 Å². The lowest BCUT2D eigenvalue weighted by Crippen LogP contribution is -2.76. The van der Waals surface area contributed by atoms with Crippen LogP contribution in [0.2, 0.25) is 0 Å². The van der Waals surface area contributed by atoms with Gasteiger partial charge in [0.15, 0.2) is 17.6 Å². The molecule has 10 N–H and O–H groups in total. The van der Waals surface area contributed by atoms with Crippen LogP contribution in [-0.2, 0) is 4.74 Å². The van der Waals surface area contributed by atoms with Crippen molar-refractivity contribution in [1.29, 1.82) is 0 Å². The van der Waals surface area contributed by atoms with Crippen LogP contribution in [0.5, 0.6) is 0 Å². The van der Waals surface area contributed by atoms with E-state index in [1.54, 1.807) is 4.90 Å². The lowest BCUT2D eigenvalue weighted by atomic mass is 9.87. The van der Waals surface area contributed by atoms with E-state index < -0.39 is 29.6 Å². The summed E-state index contributed by atoms with van der Waals surface area (Å²) in [4.78, 5) is 22.0. The molecule has 2 fully saturated rings. The highest BCUT2D eigenvalue weighted by molar-refractivity contribution is 5.87. The Kier molecular flexibility index (Phi) is 3.50. The first kappa shape index (κ1) is 17.1. The molecular weight excluding hydrogens is 346 g/mol. The predicted octanol–water partition coefficient (Wildman–Crippen LogP) is -4.40. The zero-order valence-corrected chi connectivity index (χ0v) is 14.2. The van der Waals surface area contributed by atoms with Crippen LogP contribution in [-0.4, -0.2) is 82.0 Å². The SMILES string of the molecule is CC1(CNC(=O)OC[C@@H]2N=C(N)N3CCC(O)(O)[C@@]34NC(N)=N[C@@H]24)NN1. The molecule has 3 atom stereocenters. The summed E-state index contributed by atoms with van der Waals surface area (Å²) < 4.78 is 5.22.